The molecule has 0 spiro atoms. The van der Waals surface area contributed by atoms with E-state index in [9.17, 15) is 19.2 Å². The molecule has 0 aromatic heterocycles. The molecule has 2 aliphatic heterocycles. The smallest absolute Gasteiger partial charge is 0.293 e. The number of hydrogen-bond acceptors (Lipinski definition) is 7. The molecule has 3 atom stereocenters. The summed E-state index contributed by atoms with van der Waals surface area (Å²) in [7, 11) is 0. The first-order chi connectivity index (χ1) is 16.4. The van der Waals surface area contributed by atoms with Gasteiger partial charge in [-0.2, -0.15) is 0 Å². The summed E-state index contributed by atoms with van der Waals surface area (Å²) in [5.74, 6) is -0.725. The van der Waals surface area contributed by atoms with E-state index >= 15 is 0 Å². The quantitative estimate of drug-likeness (QED) is 0.295. The van der Waals surface area contributed by atoms with Gasteiger partial charge in [-0.3, -0.25) is 19.2 Å². The Morgan fingerprint density at radius 3 is 2.65 bits per heavy atom. The number of ketones is 1. The van der Waals surface area contributed by atoms with Gasteiger partial charge in [0.1, 0.15) is 19.0 Å². The number of fused-ring (bicyclic) bond motifs is 13. The Morgan fingerprint density at radius 2 is 1.97 bits per heavy atom. The monoisotopic (exact) mass is 473 g/mol. The third-order valence-electron chi connectivity index (χ3n) is 5.60. The summed E-state index contributed by atoms with van der Waals surface area (Å²) < 4.78 is 10.6. The van der Waals surface area contributed by atoms with Crippen LogP contribution in [-0.4, -0.2) is 55.9 Å². The number of carbonyl (C=O) groups excluding carboxylic acids is 4. The summed E-state index contributed by atoms with van der Waals surface area (Å²) in [6.45, 7) is 2.55. The molecular formula is C25H35N3O6. The minimum Gasteiger partial charge on any atom is -0.490 e. The van der Waals surface area contributed by atoms with Crippen LogP contribution < -0.4 is 21.1 Å². The van der Waals surface area contributed by atoms with Gasteiger partial charge in [0.25, 0.3) is 6.47 Å². The van der Waals surface area contributed by atoms with Crippen LogP contribution in [0.2, 0.25) is 0 Å². The van der Waals surface area contributed by atoms with Crippen molar-refractivity contribution >= 4 is 24.1 Å². The van der Waals surface area contributed by atoms with E-state index in [1.807, 2.05) is 36.4 Å². The van der Waals surface area contributed by atoms with E-state index < -0.39 is 18.0 Å². The lowest BCUT2D eigenvalue weighted by atomic mass is 9.90. The second-order valence-electron chi connectivity index (χ2n) is 8.41. The summed E-state index contributed by atoms with van der Waals surface area (Å²) in [5, 5.41) is 5.64. The van der Waals surface area contributed by atoms with Gasteiger partial charge in [-0.05, 0) is 49.9 Å². The molecule has 1 aromatic rings. The van der Waals surface area contributed by atoms with E-state index in [1.165, 1.54) is 6.92 Å². The molecule has 4 N–H and O–H groups in total. The number of carbonyl (C=O) groups is 4. The fourth-order valence-corrected chi connectivity index (χ4v) is 3.81. The van der Waals surface area contributed by atoms with Crippen molar-refractivity contribution in [2.45, 2.75) is 57.5 Å². The van der Waals surface area contributed by atoms with Gasteiger partial charge in [0.15, 0.2) is 5.78 Å². The maximum atomic E-state index is 13.2. The number of hydrogen-bond donors (Lipinski definition) is 3. The van der Waals surface area contributed by atoms with E-state index in [2.05, 4.69) is 10.6 Å². The maximum Gasteiger partial charge on any atom is 0.293 e. The van der Waals surface area contributed by atoms with Crippen LogP contribution in [-0.2, 0) is 30.3 Å². The highest BCUT2D eigenvalue weighted by Gasteiger charge is 2.28. The van der Waals surface area contributed by atoms with Gasteiger partial charge < -0.3 is 25.8 Å². The molecule has 0 radical (unpaired) electrons. The van der Waals surface area contributed by atoms with Crippen molar-refractivity contribution in [1.82, 2.24) is 10.6 Å². The summed E-state index contributed by atoms with van der Waals surface area (Å²) >= 11 is 0. The number of benzene rings is 1. The van der Waals surface area contributed by atoms with E-state index in [0.717, 1.165) is 12.0 Å². The Labute approximate surface area is 200 Å². The second-order valence-corrected chi connectivity index (χ2v) is 8.41. The van der Waals surface area contributed by atoms with Crippen LogP contribution in [0, 0.1) is 5.92 Å². The molecule has 34 heavy (non-hydrogen) atoms. The van der Waals surface area contributed by atoms with Crippen LogP contribution in [0.4, 0.5) is 0 Å². The van der Waals surface area contributed by atoms with Crippen LogP contribution in [0.5, 0.6) is 5.75 Å². The zero-order valence-corrected chi connectivity index (χ0v) is 19.7. The third kappa shape index (κ3) is 9.74. The number of Topliss-reactive ketones (excluding diaryl/α,β-unsaturated/α-hetero) is 1. The first-order valence-corrected chi connectivity index (χ1v) is 11.6. The Kier molecular flexibility index (Phi) is 11.8. The average Bonchev–Trinajstić information content (AvgIpc) is 2.81. The molecule has 9 heteroatoms. The number of rotatable bonds is 8. The molecule has 2 amide bonds. The van der Waals surface area contributed by atoms with Crippen LogP contribution >= 0.6 is 0 Å². The summed E-state index contributed by atoms with van der Waals surface area (Å²) in [6.07, 6.45) is 6.33. The van der Waals surface area contributed by atoms with Crippen LogP contribution in [0.3, 0.4) is 0 Å². The highest BCUT2D eigenvalue weighted by molar-refractivity contribution is 5.92. The predicted octanol–water partition coefficient (Wildman–Crippen LogP) is 1.43. The predicted molar refractivity (Wildman–Crippen MR) is 127 cm³/mol. The molecule has 2 heterocycles. The first-order valence-electron chi connectivity index (χ1n) is 11.6. The van der Waals surface area contributed by atoms with Gasteiger partial charge in [0.05, 0.1) is 12.1 Å². The molecule has 0 fully saturated rings. The molecule has 2 aliphatic rings. The largest absolute Gasteiger partial charge is 0.490 e. The molecule has 1 aromatic carbocycles. The fourth-order valence-electron chi connectivity index (χ4n) is 3.81. The standard InChI is InChI=1S/C25H35N3O6/c1-18(30)27-23-14-19-8-10-22(11-9-19)34-13-5-3-7-21(16-33-17-29)28-25(32)20(15-24(23)31)6-2-4-12-26/h3,5,8-11,17,20-21,23H,2,4,6-7,12-16,26H2,1H3,(H,27,30)(H,28,32)/t20-,21+,23+/m1/s1. The fraction of sp³-hybridized carbons (Fsp3) is 0.520. The van der Waals surface area contributed by atoms with Gasteiger partial charge in [-0.1, -0.05) is 30.7 Å². The molecule has 2 bridgehead atoms. The lowest BCUT2D eigenvalue weighted by Gasteiger charge is -2.23. The molecule has 0 unspecified atom stereocenters. The lowest BCUT2D eigenvalue weighted by molar-refractivity contribution is -0.134. The molecule has 9 nitrogen and oxygen atoms in total. The topological polar surface area (TPSA) is 137 Å². The van der Waals surface area contributed by atoms with Gasteiger partial charge in [-0.25, -0.2) is 0 Å². The summed E-state index contributed by atoms with van der Waals surface area (Å²) in [5.41, 5.74) is 6.48. The number of amides is 2. The molecule has 0 saturated carbocycles. The highest BCUT2D eigenvalue weighted by atomic mass is 16.5. The van der Waals surface area contributed by atoms with Crippen molar-refractivity contribution in [3.63, 3.8) is 0 Å². The Hall–Kier alpha value is -3.20. The van der Waals surface area contributed by atoms with Gasteiger partial charge in [-0.15, -0.1) is 0 Å². The second kappa shape index (κ2) is 14.8. The van der Waals surface area contributed by atoms with Crippen molar-refractivity contribution in [3.8, 4) is 5.75 Å². The normalized spacial score (nSPS) is 21.8. The van der Waals surface area contributed by atoms with Gasteiger partial charge in [0.2, 0.25) is 11.8 Å². The van der Waals surface area contributed by atoms with Crippen molar-refractivity contribution in [1.29, 1.82) is 0 Å². The molecule has 186 valence electrons. The van der Waals surface area contributed by atoms with E-state index in [0.29, 0.717) is 51.1 Å². The molecular weight excluding hydrogens is 438 g/mol. The zero-order valence-electron chi connectivity index (χ0n) is 19.7. The Bertz CT molecular complexity index is 840. The van der Waals surface area contributed by atoms with Gasteiger partial charge in [0, 0.05) is 19.3 Å². The van der Waals surface area contributed by atoms with E-state index in [4.69, 9.17) is 15.2 Å². The average molecular weight is 474 g/mol. The minimum absolute atomic E-state index is 0.0135. The maximum absolute atomic E-state index is 13.2. The lowest BCUT2D eigenvalue weighted by Crippen LogP contribution is -2.45. The third-order valence-corrected chi connectivity index (χ3v) is 5.60. The first kappa shape index (κ1) is 27.0. The Morgan fingerprint density at radius 1 is 1.21 bits per heavy atom. The van der Waals surface area contributed by atoms with Crippen LogP contribution in [0.15, 0.2) is 36.4 Å². The van der Waals surface area contributed by atoms with Gasteiger partial charge >= 0.3 is 0 Å². The molecule has 0 aliphatic carbocycles. The van der Waals surface area contributed by atoms with Crippen molar-refractivity contribution in [3.05, 3.63) is 42.0 Å². The number of nitrogens with two attached hydrogens (primary N) is 1. The Balaban J connectivity index is 2.30. The summed E-state index contributed by atoms with van der Waals surface area (Å²) in [6, 6.07) is 6.16. The molecule has 0 saturated heterocycles. The number of unbranched alkanes of at least 4 members (excludes halogenated alkanes) is 1. The molecule has 3 rings (SSSR count). The number of nitrogens with one attached hydrogen (secondary N) is 2. The highest BCUT2D eigenvalue weighted by Crippen LogP contribution is 2.19. The van der Waals surface area contributed by atoms with Crippen LogP contribution in [0.1, 0.15) is 44.6 Å². The van der Waals surface area contributed by atoms with E-state index in [-0.39, 0.29) is 30.6 Å². The summed E-state index contributed by atoms with van der Waals surface area (Å²) in [4.78, 5) is 48.8. The van der Waals surface area contributed by atoms with Crippen molar-refractivity contribution < 1.29 is 28.7 Å². The SMILES string of the molecule is CC(=O)N[C@H]1Cc2ccc(cc2)OCC=CC[C@@H](COC=O)NC(=O)[C@H](CCCCN)CC1=O. The van der Waals surface area contributed by atoms with Crippen LogP contribution in [0.25, 0.3) is 0 Å². The zero-order chi connectivity index (χ0) is 24.8. The number of ether oxygens (including phenoxy) is 2. The van der Waals surface area contributed by atoms with Crippen molar-refractivity contribution in [2.24, 2.45) is 11.7 Å². The van der Waals surface area contributed by atoms with Crippen molar-refractivity contribution in [2.75, 3.05) is 19.8 Å². The van der Waals surface area contributed by atoms with E-state index in [1.54, 1.807) is 0 Å². The minimum atomic E-state index is -0.749.